The minimum Gasteiger partial charge on any atom is -0.350 e. The molecule has 0 radical (unpaired) electrons. The molecule has 2 fully saturated rings. The van der Waals surface area contributed by atoms with Crippen molar-refractivity contribution in [3.8, 4) is 0 Å². The van der Waals surface area contributed by atoms with E-state index < -0.39 is 46.8 Å². The Hall–Kier alpha value is -4.54. The van der Waals surface area contributed by atoms with E-state index in [0.29, 0.717) is 16.8 Å². The van der Waals surface area contributed by atoms with Gasteiger partial charge in [0.1, 0.15) is 23.6 Å². The molecule has 1 aliphatic carbocycles. The van der Waals surface area contributed by atoms with Gasteiger partial charge in [0.2, 0.25) is 17.6 Å². The molecule has 3 atom stereocenters. The third kappa shape index (κ3) is 5.56. The molecule has 1 unspecified atom stereocenters. The maximum Gasteiger partial charge on any atom is 0.289 e. The molecule has 3 aromatic rings. The van der Waals surface area contributed by atoms with E-state index in [4.69, 9.17) is 0 Å². The van der Waals surface area contributed by atoms with Gasteiger partial charge < -0.3 is 25.4 Å². The van der Waals surface area contributed by atoms with E-state index in [1.54, 1.807) is 36.4 Å². The van der Waals surface area contributed by atoms with Crippen LogP contribution in [0.15, 0.2) is 48.5 Å². The summed E-state index contributed by atoms with van der Waals surface area (Å²) in [7, 11) is 1.51. The first-order valence-electron chi connectivity index (χ1n) is 16.1. The lowest BCUT2D eigenvalue weighted by Crippen LogP contribution is -2.55. The van der Waals surface area contributed by atoms with Crippen LogP contribution in [-0.2, 0) is 24.6 Å². The summed E-state index contributed by atoms with van der Waals surface area (Å²) in [5.41, 5.74) is 0.621. The topological polar surface area (TPSA) is 132 Å². The Bertz CT molecular complexity index is 1710. The van der Waals surface area contributed by atoms with E-state index in [2.05, 4.69) is 15.6 Å². The maximum atomic E-state index is 14.6. The lowest BCUT2D eigenvalue weighted by atomic mass is 9.79. The number of likely N-dealkylation sites (tertiary alicyclic amines) is 1. The van der Waals surface area contributed by atoms with Crippen LogP contribution in [0.1, 0.15) is 74.8 Å². The molecule has 2 aromatic carbocycles. The van der Waals surface area contributed by atoms with Gasteiger partial charge in [-0.25, -0.2) is 4.39 Å². The van der Waals surface area contributed by atoms with Crippen molar-refractivity contribution >= 4 is 46.0 Å². The number of ketones is 1. The molecule has 6 rings (SSSR count). The predicted octanol–water partition coefficient (Wildman–Crippen LogP) is 4.30. The van der Waals surface area contributed by atoms with E-state index >= 15 is 0 Å². The number of nitrogens with zero attached hydrogens (tertiary/aromatic N) is 2. The average molecular weight is 630 g/mol. The van der Waals surface area contributed by atoms with Crippen LogP contribution in [0.4, 0.5) is 10.1 Å². The molecule has 11 heteroatoms. The highest BCUT2D eigenvalue weighted by molar-refractivity contribution is 6.38. The van der Waals surface area contributed by atoms with E-state index in [1.807, 2.05) is 13.8 Å². The van der Waals surface area contributed by atoms with Crippen molar-refractivity contribution in [1.82, 2.24) is 20.1 Å². The van der Waals surface area contributed by atoms with Crippen LogP contribution in [0, 0.1) is 11.7 Å². The summed E-state index contributed by atoms with van der Waals surface area (Å²) in [5, 5.41) is 6.03. The SMILES string of the molecule is CC(C)CC(C(=O)N1C[C@]2(C[C@H]1C(=O)C(=O)NC1CCCCC1)C(=O)Nc1ccccc12)N(C)C(=O)c1cc2c(F)cccc2[nH]1. The molecule has 3 aliphatic rings. The summed E-state index contributed by atoms with van der Waals surface area (Å²) < 4.78 is 14.4. The molecule has 1 spiro atoms. The van der Waals surface area contributed by atoms with Gasteiger partial charge in [-0.3, -0.25) is 24.0 Å². The molecular weight excluding hydrogens is 589 g/mol. The van der Waals surface area contributed by atoms with Crippen molar-refractivity contribution < 1.29 is 28.4 Å². The number of carbonyl (C=O) groups is 5. The lowest BCUT2D eigenvalue weighted by molar-refractivity contribution is -0.146. The predicted molar refractivity (Wildman–Crippen MR) is 170 cm³/mol. The Morgan fingerprint density at radius 3 is 2.52 bits per heavy atom. The zero-order valence-electron chi connectivity index (χ0n) is 26.4. The minimum atomic E-state index is -1.22. The van der Waals surface area contributed by atoms with Gasteiger partial charge in [0.05, 0.1) is 5.41 Å². The van der Waals surface area contributed by atoms with Gasteiger partial charge in [0.15, 0.2) is 0 Å². The number of amides is 4. The van der Waals surface area contributed by atoms with Gasteiger partial charge in [-0.2, -0.15) is 0 Å². The largest absolute Gasteiger partial charge is 0.350 e. The zero-order valence-corrected chi connectivity index (χ0v) is 26.4. The molecular formula is C35H40FN5O5. The fourth-order valence-corrected chi connectivity index (χ4v) is 7.39. The number of para-hydroxylation sites is 1. The molecule has 1 aromatic heterocycles. The Balaban J connectivity index is 1.34. The van der Waals surface area contributed by atoms with Crippen LogP contribution in [0.5, 0.6) is 0 Å². The van der Waals surface area contributed by atoms with E-state index in [0.717, 1.165) is 32.1 Å². The second-order valence-electron chi connectivity index (χ2n) is 13.4. The monoisotopic (exact) mass is 629 g/mol. The number of benzene rings is 2. The van der Waals surface area contributed by atoms with Crippen LogP contribution in [0.25, 0.3) is 10.9 Å². The molecule has 10 nitrogen and oxygen atoms in total. The Labute approximate surface area is 267 Å². The van der Waals surface area contributed by atoms with Gasteiger partial charge in [0, 0.05) is 36.2 Å². The van der Waals surface area contributed by atoms with Crippen molar-refractivity contribution in [2.75, 3.05) is 18.9 Å². The minimum absolute atomic E-state index is 0.0276. The van der Waals surface area contributed by atoms with Crippen molar-refractivity contribution in [3.63, 3.8) is 0 Å². The van der Waals surface area contributed by atoms with E-state index in [1.165, 1.54) is 29.0 Å². The van der Waals surface area contributed by atoms with Crippen LogP contribution >= 0.6 is 0 Å². The van der Waals surface area contributed by atoms with E-state index in [-0.39, 0.29) is 48.3 Å². The number of likely N-dealkylation sites (N-methyl/N-ethyl adjacent to an activating group) is 1. The fraction of sp³-hybridized carbons (Fsp3) is 0.457. The number of hydrogen-bond acceptors (Lipinski definition) is 5. The number of H-pyrrole nitrogens is 1. The number of carbonyl (C=O) groups excluding carboxylic acids is 5. The molecule has 3 heterocycles. The van der Waals surface area contributed by atoms with Crippen LogP contribution in [0.2, 0.25) is 0 Å². The van der Waals surface area contributed by atoms with Crippen molar-refractivity contribution in [2.45, 2.75) is 82.3 Å². The number of fused-ring (bicyclic) bond motifs is 3. The van der Waals surface area contributed by atoms with Crippen LogP contribution in [-0.4, -0.2) is 75.9 Å². The Morgan fingerprint density at radius 2 is 1.80 bits per heavy atom. The lowest BCUT2D eigenvalue weighted by Gasteiger charge is -2.34. The van der Waals surface area contributed by atoms with Crippen molar-refractivity contribution in [2.24, 2.45) is 5.92 Å². The summed E-state index contributed by atoms with van der Waals surface area (Å²) in [5.74, 6) is -3.41. The number of Topliss-reactive ketones (excluding diaryl/α,β-unsaturated/α-hetero) is 1. The van der Waals surface area contributed by atoms with Gasteiger partial charge >= 0.3 is 0 Å². The number of aromatic amines is 1. The molecule has 242 valence electrons. The first-order valence-corrected chi connectivity index (χ1v) is 16.1. The summed E-state index contributed by atoms with van der Waals surface area (Å²) in [4.78, 5) is 74.9. The number of hydrogen-bond donors (Lipinski definition) is 3. The van der Waals surface area contributed by atoms with Gasteiger partial charge in [-0.1, -0.05) is 57.4 Å². The van der Waals surface area contributed by atoms with Crippen molar-refractivity contribution in [3.05, 3.63) is 65.6 Å². The number of anilines is 1. The van der Waals surface area contributed by atoms with Gasteiger partial charge in [-0.05, 0) is 61.4 Å². The van der Waals surface area contributed by atoms with Gasteiger partial charge in [-0.15, -0.1) is 0 Å². The normalized spacial score (nSPS) is 21.8. The van der Waals surface area contributed by atoms with Gasteiger partial charge in [0.25, 0.3) is 11.8 Å². The van der Waals surface area contributed by atoms with Crippen LogP contribution in [0.3, 0.4) is 0 Å². The Kier molecular flexibility index (Phi) is 8.43. The molecule has 1 saturated heterocycles. The number of nitrogens with one attached hydrogen (secondary N) is 3. The summed E-state index contributed by atoms with van der Waals surface area (Å²) in [6.07, 6.45) is 4.79. The third-order valence-corrected chi connectivity index (χ3v) is 9.84. The molecule has 46 heavy (non-hydrogen) atoms. The number of halogens is 1. The quantitative estimate of drug-likeness (QED) is 0.320. The van der Waals surface area contributed by atoms with E-state index in [9.17, 15) is 28.4 Å². The number of aromatic nitrogens is 1. The van der Waals surface area contributed by atoms with Crippen molar-refractivity contribution in [1.29, 1.82) is 0 Å². The highest BCUT2D eigenvalue weighted by atomic mass is 19.1. The molecule has 2 aliphatic heterocycles. The molecule has 3 N–H and O–H groups in total. The fourth-order valence-electron chi connectivity index (χ4n) is 7.39. The molecule has 4 amide bonds. The second-order valence-corrected chi connectivity index (χ2v) is 13.4. The second kappa shape index (κ2) is 12.3. The highest BCUT2D eigenvalue weighted by Crippen LogP contribution is 2.47. The number of rotatable bonds is 8. The first kappa shape index (κ1) is 31.4. The molecule has 1 saturated carbocycles. The summed E-state index contributed by atoms with van der Waals surface area (Å²) >= 11 is 0. The zero-order chi connectivity index (χ0) is 32.7. The molecule has 0 bridgehead atoms. The smallest absolute Gasteiger partial charge is 0.289 e. The maximum absolute atomic E-state index is 14.6. The van der Waals surface area contributed by atoms with Crippen LogP contribution < -0.4 is 10.6 Å². The highest BCUT2D eigenvalue weighted by Gasteiger charge is 2.58. The first-order chi connectivity index (χ1) is 22.0. The summed E-state index contributed by atoms with van der Waals surface area (Å²) in [6, 6.07) is 10.8. The average Bonchev–Trinajstić information content (AvgIpc) is 3.74. The third-order valence-electron chi connectivity index (χ3n) is 9.84. The Morgan fingerprint density at radius 1 is 1.07 bits per heavy atom. The summed E-state index contributed by atoms with van der Waals surface area (Å²) in [6.45, 7) is 3.72. The standard InChI is InChI=1S/C35H40FN5O5/c1-20(2)16-28(40(3)32(44)27-17-22-24(36)13-9-15-25(22)38-27)33(45)41-19-35(23-12-7-8-14-26(23)39-34(35)46)18-29(41)30(42)31(43)37-21-10-5-4-6-11-21/h7-9,12-15,17,20-21,28-29,38H,4-6,10-11,16,18-19H2,1-3H3,(H,37,43)(H,39,46)/t28?,29-,35-/m0/s1.